The molecule has 3 aromatic rings. The third-order valence-corrected chi connectivity index (χ3v) is 5.78. The summed E-state index contributed by atoms with van der Waals surface area (Å²) in [6.45, 7) is 5.07. The van der Waals surface area contributed by atoms with Gasteiger partial charge in [0.15, 0.2) is 0 Å². The summed E-state index contributed by atoms with van der Waals surface area (Å²) >= 11 is 0. The lowest BCUT2D eigenvalue weighted by Gasteiger charge is -2.24. The normalized spacial score (nSPS) is 11.0. The van der Waals surface area contributed by atoms with Gasteiger partial charge in [0.25, 0.3) is 0 Å². The maximum atomic E-state index is 13.2. The van der Waals surface area contributed by atoms with Crippen LogP contribution < -0.4 is 14.8 Å². The number of carbonyl (C=O) groups excluding carboxylic acids is 2. The van der Waals surface area contributed by atoms with Crippen LogP contribution in [0.25, 0.3) is 16.9 Å². The molecule has 0 aliphatic heterocycles. The fourth-order valence-corrected chi connectivity index (χ4v) is 3.74. The van der Waals surface area contributed by atoms with Gasteiger partial charge in [0.05, 0.1) is 26.5 Å². The molecule has 0 saturated carbocycles. The van der Waals surface area contributed by atoms with Crippen molar-refractivity contribution in [3.8, 4) is 28.4 Å². The van der Waals surface area contributed by atoms with Crippen molar-refractivity contribution in [1.82, 2.24) is 19.4 Å². The number of ether oxygens (including phenoxy) is 2. The Labute approximate surface area is 219 Å². The Kier molecular flexibility index (Phi) is 9.68. The average molecular weight is 508 g/mol. The van der Waals surface area contributed by atoms with Gasteiger partial charge in [-0.1, -0.05) is 13.8 Å². The van der Waals surface area contributed by atoms with E-state index in [0.29, 0.717) is 31.2 Å². The first kappa shape index (κ1) is 27.7. The predicted octanol–water partition coefficient (Wildman–Crippen LogP) is 3.93. The molecule has 2 aromatic carbocycles. The number of methoxy groups -OCH3 is 2. The van der Waals surface area contributed by atoms with E-state index in [0.717, 1.165) is 22.7 Å². The van der Waals surface area contributed by atoms with E-state index in [1.54, 1.807) is 19.1 Å². The minimum absolute atomic E-state index is 0.0376. The minimum Gasteiger partial charge on any atom is -0.497 e. The Balaban J connectivity index is 1.88. The molecule has 1 heterocycles. The van der Waals surface area contributed by atoms with E-state index in [9.17, 15) is 9.59 Å². The molecule has 0 saturated heterocycles. The number of likely N-dealkylation sites (N-methyl/N-ethyl adjacent to an activating group) is 1. The summed E-state index contributed by atoms with van der Waals surface area (Å²) in [6, 6.07) is 15.0. The number of hydrogen-bond acceptors (Lipinski definition) is 6. The van der Waals surface area contributed by atoms with Gasteiger partial charge in [-0.25, -0.2) is 4.98 Å². The summed E-state index contributed by atoms with van der Waals surface area (Å²) in [5.41, 5.74) is 2.38. The number of hydrogen-bond donors (Lipinski definition) is 1. The van der Waals surface area contributed by atoms with E-state index >= 15 is 0 Å². The standard InChI is InChI=1S/C28H37N5O4/c1-20(2)17-27(35)32(16-15-31(3)4)19-26(34)30-28-29-25(21-7-11-23(36-5)12-8-21)18-33(28)22-9-13-24(37-6)14-10-22/h7-14,18,20H,15-17,19H2,1-6H3,(H,29,30,34). The van der Waals surface area contributed by atoms with Crippen molar-refractivity contribution in [2.45, 2.75) is 20.3 Å². The van der Waals surface area contributed by atoms with Gasteiger partial charge in [-0.2, -0.15) is 0 Å². The Morgan fingerprint density at radius 3 is 2.08 bits per heavy atom. The first-order valence-corrected chi connectivity index (χ1v) is 12.3. The Hall–Kier alpha value is -3.85. The van der Waals surface area contributed by atoms with E-state index in [1.807, 2.05) is 92.1 Å². The molecule has 2 amide bonds. The van der Waals surface area contributed by atoms with Crippen molar-refractivity contribution in [2.75, 3.05) is 53.3 Å². The van der Waals surface area contributed by atoms with Crippen LogP contribution in [0.1, 0.15) is 20.3 Å². The van der Waals surface area contributed by atoms with Crippen molar-refractivity contribution in [3.63, 3.8) is 0 Å². The van der Waals surface area contributed by atoms with Crippen LogP contribution in [0.3, 0.4) is 0 Å². The first-order chi connectivity index (χ1) is 17.7. The van der Waals surface area contributed by atoms with Gasteiger partial charge in [0.1, 0.15) is 11.5 Å². The summed E-state index contributed by atoms with van der Waals surface area (Å²) in [6.07, 6.45) is 2.26. The van der Waals surface area contributed by atoms with Gasteiger partial charge in [0, 0.05) is 37.0 Å². The van der Waals surface area contributed by atoms with Crippen LogP contribution in [-0.2, 0) is 9.59 Å². The van der Waals surface area contributed by atoms with Crippen molar-refractivity contribution in [2.24, 2.45) is 5.92 Å². The molecule has 1 aromatic heterocycles. The molecular formula is C28H37N5O4. The highest BCUT2D eigenvalue weighted by molar-refractivity contribution is 5.94. The van der Waals surface area contributed by atoms with Gasteiger partial charge in [-0.15, -0.1) is 0 Å². The number of nitrogens with zero attached hydrogens (tertiary/aromatic N) is 4. The molecule has 1 N–H and O–H groups in total. The molecule has 9 heteroatoms. The molecule has 37 heavy (non-hydrogen) atoms. The molecule has 0 atom stereocenters. The van der Waals surface area contributed by atoms with E-state index in [2.05, 4.69) is 5.32 Å². The van der Waals surface area contributed by atoms with Crippen LogP contribution in [0.5, 0.6) is 11.5 Å². The summed E-state index contributed by atoms with van der Waals surface area (Å²) in [5, 5.41) is 2.93. The number of carbonyl (C=O) groups is 2. The highest BCUT2D eigenvalue weighted by Crippen LogP contribution is 2.27. The second-order valence-corrected chi connectivity index (χ2v) is 9.51. The smallest absolute Gasteiger partial charge is 0.246 e. The van der Waals surface area contributed by atoms with Crippen LogP contribution >= 0.6 is 0 Å². The van der Waals surface area contributed by atoms with Crippen LogP contribution in [0, 0.1) is 5.92 Å². The molecule has 0 radical (unpaired) electrons. The molecule has 198 valence electrons. The van der Waals surface area contributed by atoms with Gasteiger partial charge >= 0.3 is 0 Å². The van der Waals surface area contributed by atoms with Crippen LogP contribution in [-0.4, -0.2) is 79.1 Å². The molecule has 0 spiro atoms. The number of aromatic nitrogens is 2. The minimum atomic E-state index is -0.308. The lowest BCUT2D eigenvalue weighted by Crippen LogP contribution is -2.42. The number of anilines is 1. The quantitative estimate of drug-likeness (QED) is 0.400. The fraction of sp³-hybridized carbons (Fsp3) is 0.393. The zero-order chi connectivity index (χ0) is 26.9. The van der Waals surface area contributed by atoms with Crippen LogP contribution in [0.15, 0.2) is 54.7 Å². The molecule has 0 fully saturated rings. The second-order valence-electron chi connectivity index (χ2n) is 9.51. The van der Waals surface area contributed by atoms with Gasteiger partial charge < -0.3 is 19.3 Å². The Morgan fingerprint density at radius 1 is 0.946 bits per heavy atom. The molecule has 0 aliphatic rings. The predicted molar refractivity (Wildman–Crippen MR) is 145 cm³/mol. The SMILES string of the molecule is COc1ccc(-c2cn(-c3ccc(OC)cc3)c(NC(=O)CN(CCN(C)C)C(=O)CC(C)C)n2)cc1. The zero-order valence-electron chi connectivity index (χ0n) is 22.5. The van der Waals surface area contributed by atoms with Gasteiger partial charge in [-0.05, 0) is 68.5 Å². The molecule has 0 unspecified atom stereocenters. The lowest BCUT2D eigenvalue weighted by atomic mass is 10.1. The summed E-state index contributed by atoms with van der Waals surface area (Å²) in [5.74, 6) is 1.70. The average Bonchev–Trinajstić information content (AvgIpc) is 3.29. The monoisotopic (exact) mass is 507 g/mol. The number of amides is 2. The molecule has 9 nitrogen and oxygen atoms in total. The van der Waals surface area contributed by atoms with E-state index in [4.69, 9.17) is 14.5 Å². The Bertz CT molecular complexity index is 1170. The Morgan fingerprint density at radius 2 is 1.54 bits per heavy atom. The van der Waals surface area contributed by atoms with E-state index in [-0.39, 0.29) is 24.3 Å². The third kappa shape index (κ3) is 7.82. The third-order valence-electron chi connectivity index (χ3n) is 5.78. The summed E-state index contributed by atoms with van der Waals surface area (Å²) in [4.78, 5) is 34.3. The number of rotatable bonds is 12. The van der Waals surface area contributed by atoms with Crippen molar-refractivity contribution < 1.29 is 19.1 Å². The van der Waals surface area contributed by atoms with E-state index < -0.39 is 0 Å². The maximum Gasteiger partial charge on any atom is 0.246 e. The second kappa shape index (κ2) is 12.9. The topological polar surface area (TPSA) is 88.9 Å². The maximum absolute atomic E-state index is 13.2. The summed E-state index contributed by atoms with van der Waals surface area (Å²) < 4.78 is 12.4. The number of imidazole rings is 1. The van der Waals surface area contributed by atoms with Gasteiger partial charge in [0.2, 0.25) is 17.8 Å². The largest absolute Gasteiger partial charge is 0.497 e. The highest BCUT2D eigenvalue weighted by atomic mass is 16.5. The summed E-state index contributed by atoms with van der Waals surface area (Å²) in [7, 11) is 7.12. The number of benzene rings is 2. The van der Waals surface area contributed by atoms with Crippen molar-refractivity contribution in [1.29, 1.82) is 0 Å². The molecule has 0 bridgehead atoms. The molecular weight excluding hydrogens is 470 g/mol. The van der Waals surface area contributed by atoms with Crippen molar-refractivity contribution >= 4 is 17.8 Å². The van der Waals surface area contributed by atoms with E-state index in [1.165, 1.54) is 0 Å². The molecule has 3 rings (SSSR count). The van der Waals surface area contributed by atoms with Gasteiger partial charge in [-0.3, -0.25) is 19.5 Å². The lowest BCUT2D eigenvalue weighted by molar-refractivity contribution is -0.135. The zero-order valence-corrected chi connectivity index (χ0v) is 22.5. The fourth-order valence-electron chi connectivity index (χ4n) is 3.74. The molecule has 0 aliphatic carbocycles. The van der Waals surface area contributed by atoms with Crippen LogP contribution in [0.2, 0.25) is 0 Å². The number of nitrogens with one attached hydrogen (secondary N) is 1. The first-order valence-electron chi connectivity index (χ1n) is 12.3. The highest BCUT2D eigenvalue weighted by Gasteiger charge is 2.20. The van der Waals surface area contributed by atoms with Crippen molar-refractivity contribution in [3.05, 3.63) is 54.7 Å². The van der Waals surface area contributed by atoms with Crippen LogP contribution in [0.4, 0.5) is 5.95 Å².